The molecule has 8 rings (SSSR count). The van der Waals surface area contributed by atoms with Gasteiger partial charge in [0.05, 0.1) is 24.9 Å². The topological polar surface area (TPSA) is 115 Å². The average Bonchev–Trinajstić information content (AvgIpc) is 3.07. The molecule has 0 saturated carbocycles. The normalized spacial score (nSPS) is 15.0. The molecular formula is C39H32N2O6. The first-order chi connectivity index (χ1) is 22.6. The molecule has 2 aliphatic heterocycles. The molecule has 0 aromatic heterocycles. The highest BCUT2D eigenvalue weighted by molar-refractivity contribution is 6.44. The fourth-order valence-electron chi connectivity index (χ4n) is 7.81. The van der Waals surface area contributed by atoms with E-state index in [1.807, 2.05) is 42.5 Å². The van der Waals surface area contributed by atoms with Crippen molar-refractivity contribution in [2.45, 2.75) is 45.6 Å². The first kappa shape index (κ1) is 29.2. The van der Waals surface area contributed by atoms with E-state index in [0.29, 0.717) is 38.7 Å². The summed E-state index contributed by atoms with van der Waals surface area (Å²) in [7, 11) is 0. The van der Waals surface area contributed by atoms with Crippen molar-refractivity contribution in [2.24, 2.45) is 0 Å². The number of carbonyl (C=O) groups excluding carboxylic acids is 4. The van der Waals surface area contributed by atoms with Gasteiger partial charge in [-0.25, -0.2) is 4.90 Å². The van der Waals surface area contributed by atoms with E-state index in [1.165, 1.54) is 4.90 Å². The summed E-state index contributed by atoms with van der Waals surface area (Å²) in [6, 6.07) is 19.3. The number of aliphatic hydroxyl groups excluding tert-OH is 2. The Morgan fingerprint density at radius 1 is 0.511 bits per heavy atom. The number of nitrogens with zero attached hydrogens (tertiary/aromatic N) is 2. The summed E-state index contributed by atoms with van der Waals surface area (Å²) >= 11 is 0. The maximum absolute atomic E-state index is 14.5. The maximum Gasteiger partial charge on any atom is 0.266 e. The molecule has 47 heavy (non-hydrogen) atoms. The van der Waals surface area contributed by atoms with Gasteiger partial charge in [-0.05, 0) is 79.5 Å². The average molecular weight is 625 g/mol. The van der Waals surface area contributed by atoms with Crippen LogP contribution in [-0.4, -0.2) is 58.0 Å². The van der Waals surface area contributed by atoms with Crippen molar-refractivity contribution in [3.05, 3.63) is 100 Å². The van der Waals surface area contributed by atoms with Gasteiger partial charge in [-0.1, -0.05) is 70.2 Å². The Morgan fingerprint density at radius 2 is 0.872 bits per heavy atom. The standard InChI is InChI=1S/C39H32N2O6/c1-18(2)21-6-5-7-22(19(3)4)35(21)41-38(46)29-14-10-25-23-8-12-27-33-28(37(45)40(36(27)44)20(16-42)17-43)13-9-24(31(23)33)26-11-15-30(39(41)47)34(29)32(25)26/h5-15,18-20,42-43H,16-17H2,1-4H3. The third-order valence-corrected chi connectivity index (χ3v) is 10.0. The molecule has 8 heteroatoms. The van der Waals surface area contributed by atoms with Crippen molar-refractivity contribution in [3.63, 3.8) is 0 Å². The van der Waals surface area contributed by atoms with Crippen LogP contribution in [0.1, 0.15) is 92.1 Å². The zero-order chi connectivity index (χ0) is 33.0. The first-order valence-corrected chi connectivity index (χ1v) is 15.9. The Hall–Kier alpha value is -5.18. The van der Waals surface area contributed by atoms with E-state index in [0.717, 1.165) is 48.3 Å². The van der Waals surface area contributed by atoms with E-state index in [2.05, 4.69) is 27.7 Å². The number of hydrogen-bond donors (Lipinski definition) is 2. The molecule has 6 aromatic rings. The maximum atomic E-state index is 14.5. The highest BCUT2D eigenvalue weighted by Crippen LogP contribution is 2.47. The van der Waals surface area contributed by atoms with Crippen molar-refractivity contribution < 1.29 is 29.4 Å². The van der Waals surface area contributed by atoms with Crippen LogP contribution in [0.15, 0.2) is 66.7 Å². The van der Waals surface area contributed by atoms with Crippen molar-refractivity contribution in [3.8, 4) is 0 Å². The van der Waals surface area contributed by atoms with Crippen LogP contribution in [0.4, 0.5) is 5.69 Å². The number of carbonyl (C=O) groups is 4. The van der Waals surface area contributed by atoms with E-state index in [9.17, 15) is 29.4 Å². The van der Waals surface area contributed by atoms with E-state index in [1.54, 1.807) is 24.3 Å². The Labute approximate surface area is 270 Å². The Kier molecular flexibility index (Phi) is 6.32. The van der Waals surface area contributed by atoms with Crippen LogP contribution in [-0.2, 0) is 0 Å². The summed E-state index contributed by atoms with van der Waals surface area (Å²) in [5.41, 5.74) is 4.05. The van der Waals surface area contributed by atoms with Gasteiger partial charge in [0.25, 0.3) is 23.6 Å². The van der Waals surface area contributed by atoms with Gasteiger partial charge in [0, 0.05) is 33.0 Å². The van der Waals surface area contributed by atoms with Gasteiger partial charge >= 0.3 is 0 Å². The minimum Gasteiger partial charge on any atom is -0.394 e. The van der Waals surface area contributed by atoms with Crippen LogP contribution >= 0.6 is 0 Å². The first-order valence-electron chi connectivity index (χ1n) is 15.9. The molecule has 0 saturated heterocycles. The lowest BCUT2D eigenvalue weighted by Gasteiger charge is -2.33. The van der Waals surface area contributed by atoms with E-state index < -0.39 is 31.1 Å². The summed E-state index contributed by atoms with van der Waals surface area (Å²) in [5.74, 6) is -1.71. The molecular weight excluding hydrogens is 592 g/mol. The lowest BCUT2D eigenvalue weighted by Crippen LogP contribution is -2.50. The van der Waals surface area contributed by atoms with E-state index >= 15 is 0 Å². The second kappa shape index (κ2) is 10.2. The fraction of sp³-hybridized carbons (Fsp3) is 0.231. The highest BCUT2D eigenvalue weighted by Gasteiger charge is 2.40. The van der Waals surface area contributed by atoms with Crippen LogP contribution in [0.5, 0.6) is 0 Å². The van der Waals surface area contributed by atoms with Gasteiger partial charge in [0.15, 0.2) is 0 Å². The summed E-state index contributed by atoms with van der Waals surface area (Å²) in [6.45, 7) is 7.13. The smallest absolute Gasteiger partial charge is 0.266 e. The second-order valence-electron chi connectivity index (χ2n) is 13.2. The molecule has 0 spiro atoms. The van der Waals surface area contributed by atoms with Crippen molar-refractivity contribution in [1.82, 2.24) is 4.90 Å². The largest absolute Gasteiger partial charge is 0.394 e. The number of imide groups is 2. The number of rotatable bonds is 6. The second-order valence-corrected chi connectivity index (χ2v) is 13.2. The van der Waals surface area contributed by atoms with Crippen molar-refractivity contribution >= 4 is 72.4 Å². The quantitative estimate of drug-likeness (QED) is 0.121. The van der Waals surface area contributed by atoms with Gasteiger partial charge < -0.3 is 10.2 Å². The Bertz CT molecular complexity index is 2240. The monoisotopic (exact) mass is 624 g/mol. The minimum absolute atomic E-state index is 0.0867. The molecule has 0 bridgehead atoms. The van der Waals surface area contributed by atoms with E-state index in [4.69, 9.17) is 0 Å². The molecule has 2 N–H and O–H groups in total. The number of amides is 4. The number of anilines is 1. The molecule has 2 aliphatic rings. The zero-order valence-electron chi connectivity index (χ0n) is 26.4. The number of hydrogen-bond acceptors (Lipinski definition) is 6. The molecule has 8 nitrogen and oxygen atoms in total. The van der Waals surface area contributed by atoms with Crippen LogP contribution in [0.2, 0.25) is 0 Å². The van der Waals surface area contributed by atoms with Crippen LogP contribution < -0.4 is 4.90 Å². The molecule has 6 aromatic carbocycles. The molecule has 2 heterocycles. The van der Waals surface area contributed by atoms with Crippen LogP contribution in [0.3, 0.4) is 0 Å². The number of fused-ring (bicyclic) bond motifs is 2. The van der Waals surface area contributed by atoms with Crippen molar-refractivity contribution in [1.29, 1.82) is 0 Å². The van der Waals surface area contributed by atoms with Gasteiger partial charge in [-0.15, -0.1) is 0 Å². The lowest BCUT2D eigenvalue weighted by molar-refractivity contribution is 0.0375. The van der Waals surface area contributed by atoms with Crippen LogP contribution in [0, 0.1) is 0 Å². The summed E-state index contributed by atoms with van der Waals surface area (Å²) < 4.78 is 0. The fourth-order valence-corrected chi connectivity index (χ4v) is 7.81. The lowest BCUT2D eigenvalue weighted by atomic mass is 9.81. The number of benzene rings is 6. The highest BCUT2D eigenvalue weighted by atomic mass is 16.3. The summed E-state index contributed by atoms with van der Waals surface area (Å²) in [4.78, 5) is 58.5. The molecule has 0 unspecified atom stereocenters. The third-order valence-electron chi connectivity index (χ3n) is 10.0. The summed E-state index contributed by atoms with van der Waals surface area (Å²) in [6.07, 6.45) is 0. The van der Waals surface area contributed by atoms with Crippen LogP contribution in [0.25, 0.3) is 43.1 Å². The molecule has 234 valence electrons. The SMILES string of the molecule is CC(C)c1cccc(C(C)C)c1N1C(=O)c2ccc3c4ccc5c6c(ccc(c7ccc(c2c37)C1=O)c64)C(=O)N(C(CO)CO)C5=O. The predicted octanol–water partition coefficient (Wildman–Crippen LogP) is 6.73. The summed E-state index contributed by atoms with van der Waals surface area (Å²) in [5, 5.41) is 25.4. The molecule has 0 radical (unpaired) electrons. The number of para-hydroxylation sites is 1. The van der Waals surface area contributed by atoms with Crippen molar-refractivity contribution in [2.75, 3.05) is 18.1 Å². The predicted molar refractivity (Wildman–Crippen MR) is 182 cm³/mol. The Balaban J connectivity index is 1.40. The van der Waals surface area contributed by atoms with E-state index in [-0.39, 0.29) is 23.7 Å². The third kappa shape index (κ3) is 3.71. The van der Waals surface area contributed by atoms with Gasteiger partial charge in [-0.2, -0.15) is 0 Å². The van der Waals surface area contributed by atoms with Gasteiger partial charge in [0.1, 0.15) is 0 Å². The molecule has 0 fully saturated rings. The molecule has 4 amide bonds. The molecule has 0 atom stereocenters. The number of aliphatic hydroxyl groups is 2. The van der Waals surface area contributed by atoms with Gasteiger partial charge in [0.2, 0.25) is 0 Å². The zero-order valence-corrected chi connectivity index (χ0v) is 26.4. The van der Waals surface area contributed by atoms with Gasteiger partial charge in [-0.3, -0.25) is 24.1 Å². The molecule has 0 aliphatic carbocycles. The minimum atomic E-state index is -1.05. The Morgan fingerprint density at radius 3 is 1.21 bits per heavy atom.